The van der Waals surface area contributed by atoms with Crippen LogP contribution in [0.25, 0.3) is 0 Å². The zero-order chi connectivity index (χ0) is 17.8. The van der Waals surface area contributed by atoms with Gasteiger partial charge in [-0.2, -0.15) is 0 Å². The van der Waals surface area contributed by atoms with Gasteiger partial charge in [-0.05, 0) is 56.9 Å². The molecule has 3 rings (SSSR count). The number of nitrogens with one attached hydrogen (secondary N) is 1. The van der Waals surface area contributed by atoms with Crippen LogP contribution in [0.2, 0.25) is 0 Å². The zero-order valence-electron chi connectivity index (χ0n) is 15.1. The maximum atomic E-state index is 11.5. The molecule has 25 heavy (non-hydrogen) atoms. The van der Waals surface area contributed by atoms with Crippen molar-refractivity contribution >= 4 is 11.7 Å². The van der Waals surface area contributed by atoms with Crippen LogP contribution in [0.1, 0.15) is 48.1 Å². The number of nitrogens with zero attached hydrogens (tertiary/aromatic N) is 4. The molecule has 0 radical (unpaired) electrons. The molecule has 1 saturated heterocycles. The Bertz CT molecular complexity index is 761. The number of pyridine rings is 1. The number of anilines is 1. The summed E-state index contributed by atoms with van der Waals surface area (Å²) in [5, 5.41) is 2.68. The van der Waals surface area contributed by atoms with Crippen LogP contribution in [0.15, 0.2) is 24.4 Å². The summed E-state index contributed by atoms with van der Waals surface area (Å²) in [5.74, 6) is 1.81. The van der Waals surface area contributed by atoms with Gasteiger partial charge in [0.2, 0.25) is 5.91 Å². The maximum absolute atomic E-state index is 11.5. The van der Waals surface area contributed by atoms with E-state index in [1.807, 2.05) is 26.1 Å². The predicted octanol–water partition coefficient (Wildman–Crippen LogP) is 2.51. The lowest BCUT2D eigenvalue weighted by Crippen LogP contribution is -2.25. The van der Waals surface area contributed by atoms with Crippen molar-refractivity contribution in [3.05, 3.63) is 47.2 Å². The van der Waals surface area contributed by atoms with Gasteiger partial charge in [0.1, 0.15) is 11.6 Å². The Balaban J connectivity index is 1.84. The van der Waals surface area contributed by atoms with Gasteiger partial charge in [-0.15, -0.1) is 0 Å². The Kier molecular flexibility index (Phi) is 5.26. The summed E-state index contributed by atoms with van der Waals surface area (Å²) < 4.78 is 0. The van der Waals surface area contributed by atoms with Crippen LogP contribution in [0.4, 0.5) is 5.82 Å². The second kappa shape index (κ2) is 7.59. The summed E-state index contributed by atoms with van der Waals surface area (Å²) >= 11 is 0. The highest BCUT2D eigenvalue weighted by Crippen LogP contribution is 2.34. The number of amides is 1. The van der Waals surface area contributed by atoms with Gasteiger partial charge < -0.3 is 10.2 Å². The minimum atomic E-state index is 0.0648. The molecule has 0 unspecified atom stereocenters. The highest BCUT2D eigenvalue weighted by molar-refractivity contribution is 5.75. The minimum absolute atomic E-state index is 0.0648. The van der Waals surface area contributed by atoms with Crippen LogP contribution in [-0.4, -0.2) is 34.5 Å². The monoisotopic (exact) mass is 339 g/mol. The van der Waals surface area contributed by atoms with E-state index in [1.54, 1.807) is 7.05 Å². The molecule has 2 aromatic heterocycles. The summed E-state index contributed by atoms with van der Waals surface area (Å²) in [4.78, 5) is 27.4. The van der Waals surface area contributed by atoms with Gasteiger partial charge in [0.25, 0.3) is 0 Å². The van der Waals surface area contributed by atoms with E-state index >= 15 is 0 Å². The summed E-state index contributed by atoms with van der Waals surface area (Å²) in [6, 6.07) is 6.41. The van der Waals surface area contributed by atoms with Crippen molar-refractivity contribution in [2.45, 2.75) is 45.6 Å². The smallest absolute Gasteiger partial charge is 0.220 e. The van der Waals surface area contributed by atoms with E-state index in [0.29, 0.717) is 6.42 Å². The molecule has 1 aliphatic rings. The number of rotatable bonds is 5. The highest BCUT2D eigenvalue weighted by atomic mass is 16.1. The molecule has 6 heteroatoms. The van der Waals surface area contributed by atoms with E-state index in [4.69, 9.17) is 4.98 Å². The molecule has 132 valence electrons. The number of carbonyl (C=O) groups excluding carboxylic acids is 1. The van der Waals surface area contributed by atoms with Crippen molar-refractivity contribution in [2.24, 2.45) is 0 Å². The summed E-state index contributed by atoms with van der Waals surface area (Å²) in [5.41, 5.74) is 3.23. The molecular formula is C19H25N5O. The normalized spacial score (nSPS) is 16.9. The average Bonchev–Trinajstić information content (AvgIpc) is 3.09. The van der Waals surface area contributed by atoms with Crippen molar-refractivity contribution in [2.75, 3.05) is 18.5 Å². The third kappa shape index (κ3) is 4.13. The Morgan fingerprint density at radius 1 is 1.32 bits per heavy atom. The van der Waals surface area contributed by atoms with Crippen LogP contribution >= 0.6 is 0 Å². The second-order valence-electron chi connectivity index (χ2n) is 6.53. The van der Waals surface area contributed by atoms with Gasteiger partial charge in [0.05, 0.1) is 11.7 Å². The first-order chi connectivity index (χ1) is 12.1. The van der Waals surface area contributed by atoms with E-state index < -0.39 is 0 Å². The first-order valence-corrected chi connectivity index (χ1v) is 8.81. The van der Waals surface area contributed by atoms with Crippen molar-refractivity contribution in [3.63, 3.8) is 0 Å². The molecule has 0 spiro atoms. The lowest BCUT2D eigenvalue weighted by atomic mass is 10.0. The zero-order valence-corrected chi connectivity index (χ0v) is 15.1. The molecule has 1 amide bonds. The first kappa shape index (κ1) is 17.3. The molecule has 1 aliphatic heterocycles. The molecule has 0 aromatic carbocycles. The summed E-state index contributed by atoms with van der Waals surface area (Å²) in [7, 11) is 1.67. The summed E-state index contributed by atoms with van der Waals surface area (Å²) in [6.45, 7) is 4.90. The van der Waals surface area contributed by atoms with Crippen molar-refractivity contribution in [1.29, 1.82) is 0 Å². The Hall–Kier alpha value is -2.50. The Labute approximate surface area is 148 Å². The molecule has 1 atom stereocenters. The van der Waals surface area contributed by atoms with Crippen LogP contribution < -0.4 is 10.2 Å². The van der Waals surface area contributed by atoms with Gasteiger partial charge in [0.15, 0.2) is 0 Å². The lowest BCUT2D eigenvalue weighted by Gasteiger charge is -2.26. The summed E-state index contributed by atoms with van der Waals surface area (Å²) in [6.07, 6.45) is 5.23. The van der Waals surface area contributed by atoms with Gasteiger partial charge in [0, 0.05) is 31.9 Å². The third-order valence-electron chi connectivity index (χ3n) is 4.60. The molecule has 1 fully saturated rings. The third-order valence-corrected chi connectivity index (χ3v) is 4.60. The Morgan fingerprint density at radius 2 is 2.16 bits per heavy atom. The molecule has 0 saturated carbocycles. The fourth-order valence-corrected chi connectivity index (χ4v) is 3.42. The van der Waals surface area contributed by atoms with Crippen molar-refractivity contribution in [1.82, 2.24) is 20.3 Å². The fourth-order valence-electron chi connectivity index (χ4n) is 3.42. The highest BCUT2D eigenvalue weighted by Gasteiger charge is 2.28. The van der Waals surface area contributed by atoms with Crippen LogP contribution in [-0.2, 0) is 11.2 Å². The number of aryl methyl sites for hydroxylation is 3. The van der Waals surface area contributed by atoms with Gasteiger partial charge in [-0.1, -0.05) is 0 Å². The lowest BCUT2D eigenvalue weighted by molar-refractivity contribution is -0.120. The van der Waals surface area contributed by atoms with E-state index in [1.165, 1.54) is 0 Å². The van der Waals surface area contributed by atoms with Crippen molar-refractivity contribution < 1.29 is 4.79 Å². The quantitative estimate of drug-likeness (QED) is 0.906. The van der Waals surface area contributed by atoms with E-state index in [-0.39, 0.29) is 11.9 Å². The van der Waals surface area contributed by atoms with E-state index in [0.717, 1.165) is 54.4 Å². The van der Waals surface area contributed by atoms with E-state index in [2.05, 4.69) is 32.3 Å². The van der Waals surface area contributed by atoms with Crippen LogP contribution in [0, 0.1) is 13.8 Å². The number of carbonyl (C=O) groups is 1. The molecule has 2 aromatic rings. The van der Waals surface area contributed by atoms with Crippen LogP contribution in [0.5, 0.6) is 0 Å². The fraction of sp³-hybridized carbons (Fsp3) is 0.474. The molecule has 6 nitrogen and oxygen atoms in total. The first-order valence-electron chi connectivity index (χ1n) is 8.81. The topological polar surface area (TPSA) is 71.0 Å². The largest absolute Gasteiger partial charge is 0.359 e. The second-order valence-corrected chi connectivity index (χ2v) is 6.53. The van der Waals surface area contributed by atoms with Gasteiger partial charge in [-0.25, -0.2) is 9.97 Å². The van der Waals surface area contributed by atoms with Gasteiger partial charge >= 0.3 is 0 Å². The predicted molar refractivity (Wildman–Crippen MR) is 97.5 cm³/mol. The van der Waals surface area contributed by atoms with Gasteiger partial charge in [-0.3, -0.25) is 9.78 Å². The standard InChI is InChI=1S/C19H25N5O/c1-13-11-15(6-7-19(25)20-3)12-16(22-13)17-5-4-10-24(17)18-8-9-21-14(2)23-18/h8-9,11-12,17H,4-7,10H2,1-3H3,(H,20,25)/t17-/m1/s1. The molecule has 3 heterocycles. The average molecular weight is 339 g/mol. The molecule has 0 aliphatic carbocycles. The number of aromatic nitrogens is 3. The number of hydrogen-bond donors (Lipinski definition) is 1. The minimum Gasteiger partial charge on any atom is -0.359 e. The molecular weight excluding hydrogens is 314 g/mol. The van der Waals surface area contributed by atoms with E-state index in [9.17, 15) is 4.79 Å². The van der Waals surface area contributed by atoms with Crippen molar-refractivity contribution in [3.8, 4) is 0 Å². The van der Waals surface area contributed by atoms with Crippen LogP contribution in [0.3, 0.4) is 0 Å². The maximum Gasteiger partial charge on any atom is 0.220 e. The Morgan fingerprint density at radius 3 is 2.92 bits per heavy atom. The SMILES string of the molecule is CNC(=O)CCc1cc(C)nc([C@H]2CCCN2c2ccnc(C)n2)c1. The number of hydrogen-bond acceptors (Lipinski definition) is 5. The molecule has 0 bridgehead atoms. The molecule has 1 N–H and O–H groups in total.